The fourth-order valence-electron chi connectivity index (χ4n) is 3.64. The summed E-state index contributed by atoms with van der Waals surface area (Å²) in [7, 11) is 0. The van der Waals surface area contributed by atoms with E-state index in [1.54, 1.807) is 6.92 Å². The van der Waals surface area contributed by atoms with E-state index in [4.69, 9.17) is 0 Å². The van der Waals surface area contributed by atoms with Crippen molar-refractivity contribution in [3.63, 3.8) is 0 Å². The first-order valence-corrected chi connectivity index (χ1v) is 8.02. The number of fused-ring (bicyclic) bond motifs is 1. The maximum atomic E-state index is 12.0. The van der Waals surface area contributed by atoms with E-state index in [1.165, 1.54) is 16.7 Å². The molecule has 0 aromatic heterocycles. The lowest BCUT2D eigenvalue weighted by Gasteiger charge is -2.33. The van der Waals surface area contributed by atoms with Crippen LogP contribution in [-0.2, 0) is 0 Å². The fourth-order valence-corrected chi connectivity index (χ4v) is 3.64. The van der Waals surface area contributed by atoms with Crippen molar-refractivity contribution in [2.75, 3.05) is 5.32 Å². The molecule has 0 radical (unpaired) electrons. The number of carbonyl (C=O) groups excluding carboxylic acids is 1. The Kier molecular flexibility index (Phi) is 3.63. The Hall–Kier alpha value is -2.35. The van der Waals surface area contributed by atoms with Gasteiger partial charge in [-0.05, 0) is 62.9 Å². The number of carbonyl (C=O) groups is 1. The number of rotatable bonds is 2. The van der Waals surface area contributed by atoms with E-state index >= 15 is 0 Å². The van der Waals surface area contributed by atoms with Crippen LogP contribution in [0.1, 0.15) is 49.2 Å². The molecule has 1 heterocycles. The van der Waals surface area contributed by atoms with E-state index in [9.17, 15) is 4.79 Å². The van der Waals surface area contributed by atoms with Crippen molar-refractivity contribution in [1.29, 1.82) is 0 Å². The van der Waals surface area contributed by atoms with Crippen molar-refractivity contribution in [2.24, 2.45) is 0 Å². The number of anilines is 1. The number of allylic oxidation sites excluding steroid dienone is 1. The molecule has 2 aromatic carbocycles. The van der Waals surface area contributed by atoms with Crippen LogP contribution in [0, 0.1) is 6.92 Å². The third-order valence-corrected chi connectivity index (χ3v) is 4.49. The monoisotopic (exact) mass is 305 g/mol. The Labute approximate surface area is 138 Å². The molecule has 118 valence electrons. The van der Waals surface area contributed by atoms with E-state index in [2.05, 4.69) is 51.2 Å². The third kappa shape index (κ3) is 2.70. The molecule has 0 saturated heterocycles. The van der Waals surface area contributed by atoms with Gasteiger partial charge < -0.3 is 5.32 Å². The highest BCUT2D eigenvalue weighted by atomic mass is 16.1. The minimum absolute atomic E-state index is 0.0394. The van der Waals surface area contributed by atoms with E-state index < -0.39 is 0 Å². The van der Waals surface area contributed by atoms with Crippen LogP contribution in [-0.4, -0.2) is 11.3 Å². The van der Waals surface area contributed by atoms with E-state index in [0.717, 1.165) is 22.4 Å². The lowest BCUT2D eigenvalue weighted by Crippen LogP contribution is -2.31. The third-order valence-electron chi connectivity index (χ3n) is 4.49. The van der Waals surface area contributed by atoms with Gasteiger partial charge in [-0.2, -0.15) is 0 Å². The van der Waals surface area contributed by atoms with Crippen LogP contribution in [0.3, 0.4) is 0 Å². The smallest absolute Gasteiger partial charge is 0.160 e. The molecular formula is C21H23NO. The molecule has 0 spiro atoms. The first-order chi connectivity index (χ1) is 10.8. The van der Waals surface area contributed by atoms with Gasteiger partial charge in [0.1, 0.15) is 0 Å². The van der Waals surface area contributed by atoms with Crippen LogP contribution in [0.2, 0.25) is 0 Å². The second-order valence-corrected chi connectivity index (χ2v) is 6.94. The summed E-state index contributed by atoms with van der Waals surface area (Å²) in [5.74, 6) is 0.101. The highest BCUT2D eigenvalue weighted by Gasteiger charge is 2.25. The summed E-state index contributed by atoms with van der Waals surface area (Å²) in [5, 5.41) is 3.58. The van der Waals surface area contributed by atoms with Gasteiger partial charge in [0, 0.05) is 16.8 Å². The van der Waals surface area contributed by atoms with E-state index in [0.29, 0.717) is 0 Å². The van der Waals surface area contributed by atoms with Gasteiger partial charge in [0.05, 0.1) is 5.54 Å². The lowest BCUT2D eigenvalue weighted by molar-refractivity contribution is 0.101. The summed E-state index contributed by atoms with van der Waals surface area (Å²) in [4.78, 5) is 12.0. The van der Waals surface area contributed by atoms with E-state index in [1.807, 2.05) is 24.3 Å². The van der Waals surface area contributed by atoms with Gasteiger partial charge in [-0.1, -0.05) is 36.4 Å². The second kappa shape index (κ2) is 5.38. The molecule has 0 atom stereocenters. The van der Waals surface area contributed by atoms with Crippen LogP contribution in [0.4, 0.5) is 5.69 Å². The molecule has 3 rings (SSSR count). The largest absolute Gasteiger partial charge is 0.376 e. The van der Waals surface area contributed by atoms with Crippen molar-refractivity contribution < 1.29 is 4.79 Å². The van der Waals surface area contributed by atoms with Gasteiger partial charge in [0.2, 0.25) is 0 Å². The molecule has 0 aliphatic carbocycles. The van der Waals surface area contributed by atoms with Gasteiger partial charge in [-0.3, -0.25) is 4.79 Å². The second-order valence-electron chi connectivity index (χ2n) is 6.94. The summed E-state index contributed by atoms with van der Waals surface area (Å²) in [6.45, 7) is 10.3. The molecule has 1 aliphatic rings. The Morgan fingerprint density at radius 2 is 1.70 bits per heavy atom. The zero-order valence-electron chi connectivity index (χ0n) is 14.4. The van der Waals surface area contributed by atoms with Crippen LogP contribution < -0.4 is 5.32 Å². The Balaban J connectivity index is 2.23. The molecule has 0 fully saturated rings. The normalized spacial score (nSPS) is 15.4. The van der Waals surface area contributed by atoms with Crippen LogP contribution in [0.25, 0.3) is 16.7 Å². The summed E-state index contributed by atoms with van der Waals surface area (Å²) < 4.78 is 0. The topological polar surface area (TPSA) is 29.1 Å². The summed E-state index contributed by atoms with van der Waals surface area (Å²) in [6.07, 6.45) is 2.27. The first kappa shape index (κ1) is 15.5. The molecule has 0 bridgehead atoms. The van der Waals surface area contributed by atoms with Gasteiger partial charge >= 0.3 is 0 Å². The highest BCUT2D eigenvalue weighted by Crippen LogP contribution is 2.40. The highest BCUT2D eigenvalue weighted by molar-refractivity contribution is 6.02. The molecule has 23 heavy (non-hydrogen) atoms. The van der Waals surface area contributed by atoms with E-state index in [-0.39, 0.29) is 11.3 Å². The average molecular weight is 305 g/mol. The quantitative estimate of drug-likeness (QED) is 0.745. The molecule has 1 aliphatic heterocycles. The predicted molar refractivity (Wildman–Crippen MR) is 98.0 cm³/mol. The SMILES string of the molecule is CC(=O)c1ccccc1-c1ccc2c(c1C)C(C)=CC(C)(C)N2. The minimum Gasteiger partial charge on any atom is -0.376 e. The summed E-state index contributed by atoms with van der Waals surface area (Å²) in [5.41, 5.74) is 7.79. The molecule has 2 nitrogen and oxygen atoms in total. The van der Waals surface area contributed by atoms with Crippen LogP contribution in [0.5, 0.6) is 0 Å². The standard InChI is InChI=1S/C21H23NO/c1-13-12-21(4,5)22-19-11-10-16(14(2)20(13)19)18-9-7-6-8-17(18)15(3)23/h6-12,22H,1-5H3. The van der Waals surface area contributed by atoms with Gasteiger partial charge in [0.15, 0.2) is 5.78 Å². The minimum atomic E-state index is -0.0394. The number of hydrogen-bond donors (Lipinski definition) is 1. The first-order valence-electron chi connectivity index (χ1n) is 8.02. The molecular weight excluding hydrogens is 282 g/mol. The number of nitrogens with one attached hydrogen (secondary N) is 1. The average Bonchev–Trinajstić information content (AvgIpc) is 2.45. The fraction of sp³-hybridized carbons (Fsp3) is 0.286. The van der Waals surface area contributed by atoms with Crippen molar-refractivity contribution in [3.05, 3.63) is 59.2 Å². The van der Waals surface area contributed by atoms with Crippen LogP contribution in [0.15, 0.2) is 42.5 Å². The molecule has 2 aromatic rings. The molecule has 0 saturated carbocycles. The van der Waals surface area contributed by atoms with Gasteiger partial charge in [0.25, 0.3) is 0 Å². The maximum absolute atomic E-state index is 12.0. The van der Waals surface area contributed by atoms with Gasteiger partial charge in [-0.15, -0.1) is 0 Å². The summed E-state index contributed by atoms with van der Waals surface area (Å²) in [6, 6.07) is 12.1. The van der Waals surface area contributed by atoms with Gasteiger partial charge in [-0.25, -0.2) is 0 Å². The molecule has 0 unspecified atom stereocenters. The lowest BCUT2D eigenvalue weighted by atomic mass is 9.84. The van der Waals surface area contributed by atoms with Crippen molar-refractivity contribution in [1.82, 2.24) is 0 Å². The van der Waals surface area contributed by atoms with Crippen molar-refractivity contribution >= 4 is 17.0 Å². The number of Topliss-reactive ketones (excluding diaryl/α,β-unsaturated/α-hetero) is 1. The number of benzene rings is 2. The maximum Gasteiger partial charge on any atom is 0.160 e. The predicted octanol–water partition coefficient (Wildman–Crippen LogP) is 5.47. The molecule has 1 N–H and O–H groups in total. The zero-order chi connectivity index (χ0) is 16.8. The number of ketones is 1. The molecule has 2 heteroatoms. The molecule has 0 amide bonds. The number of hydrogen-bond acceptors (Lipinski definition) is 2. The zero-order valence-corrected chi connectivity index (χ0v) is 14.4. The summed E-state index contributed by atoms with van der Waals surface area (Å²) >= 11 is 0. The Morgan fingerprint density at radius 1 is 1.00 bits per heavy atom. The van der Waals surface area contributed by atoms with Crippen LogP contribution >= 0.6 is 0 Å². The Bertz CT molecular complexity index is 828. The van der Waals surface area contributed by atoms with Crippen molar-refractivity contribution in [2.45, 2.75) is 40.2 Å². The van der Waals surface area contributed by atoms with Crippen molar-refractivity contribution in [3.8, 4) is 11.1 Å². The Morgan fingerprint density at radius 3 is 2.39 bits per heavy atom.